The van der Waals surface area contributed by atoms with E-state index in [4.69, 9.17) is 4.74 Å². The quantitative estimate of drug-likeness (QED) is 0.905. The Bertz CT molecular complexity index is 482. The van der Waals surface area contributed by atoms with E-state index in [0.29, 0.717) is 6.54 Å². The summed E-state index contributed by atoms with van der Waals surface area (Å²) in [4.78, 5) is 20.7. The second-order valence-electron chi connectivity index (χ2n) is 5.66. The SMILES string of the molecule is CO[C@H]1CCN(C(=O)NC2CCN(c3ccccn3)C2)C1. The van der Waals surface area contributed by atoms with Crippen molar-refractivity contribution in [1.82, 2.24) is 15.2 Å². The molecule has 2 saturated heterocycles. The number of hydrogen-bond donors (Lipinski definition) is 1. The van der Waals surface area contributed by atoms with Gasteiger partial charge in [-0.3, -0.25) is 0 Å². The number of carbonyl (C=O) groups excluding carboxylic acids is 1. The lowest BCUT2D eigenvalue weighted by molar-refractivity contribution is 0.110. The Morgan fingerprint density at radius 2 is 2.24 bits per heavy atom. The Kier molecular flexibility index (Phi) is 4.24. The van der Waals surface area contributed by atoms with Crippen LogP contribution in [0.2, 0.25) is 0 Å². The molecule has 0 saturated carbocycles. The monoisotopic (exact) mass is 290 g/mol. The molecule has 3 rings (SSSR count). The normalized spacial score (nSPS) is 25.4. The molecular weight excluding hydrogens is 268 g/mol. The number of nitrogens with one attached hydrogen (secondary N) is 1. The minimum Gasteiger partial charge on any atom is -0.380 e. The first kappa shape index (κ1) is 14.1. The lowest BCUT2D eigenvalue weighted by Gasteiger charge is -2.21. The first-order valence-electron chi connectivity index (χ1n) is 7.50. The molecule has 1 N–H and O–H groups in total. The third kappa shape index (κ3) is 3.26. The maximum absolute atomic E-state index is 12.2. The number of hydrogen-bond acceptors (Lipinski definition) is 4. The van der Waals surface area contributed by atoms with Crippen molar-refractivity contribution in [3.05, 3.63) is 24.4 Å². The van der Waals surface area contributed by atoms with E-state index in [1.807, 2.05) is 23.1 Å². The first-order valence-corrected chi connectivity index (χ1v) is 7.50. The highest BCUT2D eigenvalue weighted by Gasteiger charge is 2.30. The molecule has 2 aliphatic heterocycles. The van der Waals surface area contributed by atoms with E-state index >= 15 is 0 Å². The Hall–Kier alpha value is -1.82. The van der Waals surface area contributed by atoms with Gasteiger partial charge in [0.05, 0.1) is 6.10 Å². The van der Waals surface area contributed by atoms with Gasteiger partial charge in [0.2, 0.25) is 0 Å². The molecule has 2 atom stereocenters. The Balaban J connectivity index is 1.50. The molecule has 0 aromatic carbocycles. The van der Waals surface area contributed by atoms with Crippen molar-refractivity contribution in [3.8, 4) is 0 Å². The van der Waals surface area contributed by atoms with Gasteiger partial charge in [0, 0.05) is 45.5 Å². The number of urea groups is 1. The van der Waals surface area contributed by atoms with Crippen LogP contribution in [0.15, 0.2) is 24.4 Å². The number of aromatic nitrogens is 1. The van der Waals surface area contributed by atoms with Crippen LogP contribution in [-0.2, 0) is 4.74 Å². The average Bonchev–Trinajstić information content (AvgIpc) is 3.17. The second-order valence-corrected chi connectivity index (χ2v) is 5.66. The molecule has 0 bridgehead atoms. The van der Waals surface area contributed by atoms with Gasteiger partial charge in [-0.05, 0) is 25.0 Å². The predicted octanol–water partition coefficient (Wildman–Crippen LogP) is 1.09. The van der Waals surface area contributed by atoms with Gasteiger partial charge >= 0.3 is 6.03 Å². The lowest BCUT2D eigenvalue weighted by Crippen LogP contribution is -2.45. The van der Waals surface area contributed by atoms with Crippen molar-refractivity contribution in [2.75, 3.05) is 38.2 Å². The van der Waals surface area contributed by atoms with Crippen LogP contribution in [0.25, 0.3) is 0 Å². The number of rotatable bonds is 3. The fourth-order valence-electron chi connectivity index (χ4n) is 3.00. The fraction of sp³-hybridized carbons (Fsp3) is 0.600. The standard InChI is InChI=1S/C15H22N4O2/c1-21-13-6-9-19(11-13)15(20)17-12-5-8-18(10-12)14-4-2-3-7-16-14/h2-4,7,12-13H,5-6,8-11H2,1H3,(H,17,20)/t12?,13-/m0/s1. The van der Waals surface area contributed by atoms with Crippen LogP contribution < -0.4 is 10.2 Å². The first-order chi connectivity index (χ1) is 10.3. The smallest absolute Gasteiger partial charge is 0.317 e. The molecule has 0 spiro atoms. The second kappa shape index (κ2) is 6.30. The fourth-order valence-corrected chi connectivity index (χ4v) is 3.00. The molecule has 0 aliphatic carbocycles. The van der Waals surface area contributed by atoms with Gasteiger partial charge < -0.3 is 19.9 Å². The topological polar surface area (TPSA) is 57.7 Å². The van der Waals surface area contributed by atoms with Gasteiger partial charge in [0.1, 0.15) is 5.82 Å². The maximum atomic E-state index is 12.2. The van der Waals surface area contributed by atoms with Gasteiger partial charge in [-0.15, -0.1) is 0 Å². The summed E-state index contributed by atoms with van der Waals surface area (Å²) < 4.78 is 5.30. The van der Waals surface area contributed by atoms with E-state index in [1.54, 1.807) is 13.3 Å². The van der Waals surface area contributed by atoms with Gasteiger partial charge in [-0.25, -0.2) is 9.78 Å². The number of amides is 2. The molecule has 2 aliphatic rings. The van der Waals surface area contributed by atoms with Crippen LogP contribution >= 0.6 is 0 Å². The van der Waals surface area contributed by atoms with Gasteiger partial charge in [-0.1, -0.05) is 6.07 Å². The molecule has 0 radical (unpaired) electrons. The minimum absolute atomic E-state index is 0.0300. The number of methoxy groups -OCH3 is 1. The zero-order valence-electron chi connectivity index (χ0n) is 12.4. The number of carbonyl (C=O) groups is 1. The largest absolute Gasteiger partial charge is 0.380 e. The molecule has 3 heterocycles. The average molecular weight is 290 g/mol. The Morgan fingerprint density at radius 3 is 2.95 bits per heavy atom. The van der Waals surface area contributed by atoms with Gasteiger partial charge in [0.15, 0.2) is 0 Å². The molecule has 1 aromatic rings. The van der Waals surface area contributed by atoms with Crippen LogP contribution in [0, 0.1) is 0 Å². The summed E-state index contributed by atoms with van der Waals surface area (Å²) in [7, 11) is 1.70. The number of likely N-dealkylation sites (tertiary alicyclic amines) is 1. The maximum Gasteiger partial charge on any atom is 0.317 e. The summed E-state index contributed by atoms with van der Waals surface area (Å²) in [5, 5.41) is 3.13. The molecule has 1 aromatic heterocycles. The van der Waals surface area contributed by atoms with E-state index in [0.717, 1.165) is 38.3 Å². The van der Waals surface area contributed by atoms with Gasteiger partial charge in [-0.2, -0.15) is 0 Å². The molecule has 6 heteroatoms. The van der Waals surface area contributed by atoms with Crippen LogP contribution in [0.3, 0.4) is 0 Å². The van der Waals surface area contributed by atoms with Crippen LogP contribution in [-0.4, -0.2) is 61.3 Å². The van der Waals surface area contributed by atoms with Crippen LogP contribution in [0.4, 0.5) is 10.6 Å². The highest BCUT2D eigenvalue weighted by Crippen LogP contribution is 2.18. The molecule has 1 unspecified atom stereocenters. The number of anilines is 1. The Labute approximate surface area is 125 Å². The zero-order chi connectivity index (χ0) is 14.7. The summed E-state index contributed by atoms with van der Waals surface area (Å²) in [6.07, 6.45) is 3.87. The third-order valence-electron chi connectivity index (χ3n) is 4.25. The molecule has 2 amide bonds. The predicted molar refractivity (Wildman–Crippen MR) is 80.4 cm³/mol. The molecule has 114 valence electrons. The molecule has 21 heavy (non-hydrogen) atoms. The van der Waals surface area contributed by atoms with Crippen molar-refractivity contribution in [2.45, 2.75) is 25.0 Å². The molecule has 6 nitrogen and oxygen atoms in total. The van der Waals surface area contributed by atoms with E-state index < -0.39 is 0 Å². The summed E-state index contributed by atoms with van der Waals surface area (Å²) in [5.74, 6) is 0.981. The molecular formula is C15H22N4O2. The number of ether oxygens (including phenoxy) is 1. The van der Waals surface area contributed by atoms with Crippen molar-refractivity contribution < 1.29 is 9.53 Å². The minimum atomic E-state index is 0.0300. The highest BCUT2D eigenvalue weighted by atomic mass is 16.5. The third-order valence-corrected chi connectivity index (χ3v) is 4.25. The van der Waals surface area contributed by atoms with Crippen LogP contribution in [0.1, 0.15) is 12.8 Å². The Morgan fingerprint density at radius 1 is 1.33 bits per heavy atom. The lowest BCUT2D eigenvalue weighted by atomic mass is 10.3. The van der Waals surface area contributed by atoms with E-state index in [2.05, 4.69) is 15.2 Å². The van der Waals surface area contributed by atoms with Crippen LogP contribution in [0.5, 0.6) is 0 Å². The number of nitrogens with zero attached hydrogens (tertiary/aromatic N) is 3. The van der Waals surface area contributed by atoms with Crippen molar-refractivity contribution >= 4 is 11.8 Å². The summed E-state index contributed by atoms with van der Waals surface area (Å²) >= 11 is 0. The van der Waals surface area contributed by atoms with Crippen molar-refractivity contribution in [1.29, 1.82) is 0 Å². The van der Waals surface area contributed by atoms with Crippen molar-refractivity contribution in [2.24, 2.45) is 0 Å². The summed E-state index contributed by atoms with van der Waals surface area (Å²) in [6.45, 7) is 3.23. The van der Waals surface area contributed by atoms with Gasteiger partial charge in [0.25, 0.3) is 0 Å². The van der Waals surface area contributed by atoms with E-state index in [-0.39, 0.29) is 18.2 Å². The van der Waals surface area contributed by atoms with Crippen molar-refractivity contribution in [3.63, 3.8) is 0 Å². The highest BCUT2D eigenvalue weighted by molar-refractivity contribution is 5.75. The summed E-state index contributed by atoms with van der Waals surface area (Å²) in [6, 6.07) is 6.14. The zero-order valence-corrected chi connectivity index (χ0v) is 12.4. The number of pyridine rings is 1. The van der Waals surface area contributed by atoms with E-state index in [9.17, 15) is 4.79 Å². The molecule has 2 fully saturated rings. The van der Waals surface area contributed by atoms with E-state index in [1.165, 1.54) is 0 Å². The summed E-state index contributed by atoms with van der Waals surface area (Å²) in [5.41, 5.74) is 0.